The van der Waals surface area contributed by atoms with Crippen LogP contribution in [0, 0.1) is 5.92 Å². The quantitative estimate of drug-likeness (QED) is 0.929. The van der Waals surface area contributed by atoms with E-state index in [1.165, 1.54) is 11.1 Å². The Bertz CT molecular complexity index is 569. The van der Waals surface area contributed by atoms with Crippen molar-refractivity contribution in [2.75, 3.05) is 20.2 Å². The van der Waals surface area contributed by atoms with Gasteiger partial charge >= 0.3 is 0 Å². The zero-order valence-corrected chi connectivity index (χ0v) is 14.5. The van der Waals surface area contributed by atoms with Gasteiger partial charge in [0.05, 0.1) is 5.60 Å². The van der Waals surface area contributed by atoms with Gasteiger partial charge in [-0.15, -0.1) is 0 Å². The molecule has 1 N–H and O–H groups in total. The third-order valence-corrected chi connectivity index (χ3v) is 6.24. The number of rotatable bonds is 3. The highest BCUT2D eigenvalue weighted by Crippen LogP contribution is 2.49. The summed E-state index contributed by atoms with van der Waals surface area (Å²) in [5.74, 6) is 0.983. The third-order valence-electron chi connectivity index (χ3n) is 6.24. The molecule has 1 aliphatic heterocycles. The molecule has 1 fully saturated rings. The fraction of sp³-hybridized carbons (Fsp3) is 0.684. The molecule has 1 saturated heterocycles. The van der Waals surface area contributed by atoms with E-state index in [9.17, 15) is 5.11 Å². The maximum Gasteiger partial charge on any atom is 0.115 e. The van der Waals surface area contributed by atoms with E-state index in [0.29, 0.717) is 17.7 Å². The Labute approximate surface area is 134 Å². The lowest BCUT2D eigenvalue weighted by Crippen LogP contribution is -2.60. The van der Waals surface area contributed by atoms with Crippen molar-refractivity contribution in [2.45, 2.75) is 57.6 Å². The largest absolute Gasteiger partial charge is 0.508 e. The van der Waals surface area contributed by atoms with Crippen molar-refractivity contribution in [3.05, 3.63) is 29.3 Å². The summed E-state index contributed by atoms with van der Waals surface area (Å²) in [6.07, 6.45) is 2.22. The summed E-state index contributed by atoms with van der Waals surface area (Å²) in [4.78, 5) is 2.62. The molecule has 1 heterocycles. The van der Waals surface area contributed by atoms with Gasteiger partial charge in [0.25, 0.3) is 0 Å². The summed E-state index contributed by atoms with van der Waals surface area (Å²) in [6.45, 7) is 11.2. The molecular formula is C19H29NO2. The number of phenols is 1. The summed E-state index contributed by atoms with van der Waals surface area (Å²) in [7, 11) is 1.80. The molecule has 0 radical (unpaired) electrons. The van der Waals surface area contributed by atoms with Crippen LogP contribution in [0.2, 0.25) is 0 Å². The van der Waals surface area contributed by atoms with Gasteiger partial charge in [-0.05, 0) is 67.8 Å². The van der Waals surface area contributed by atoms with Gasteiger partial charge < -0.3 is 9.84 Å². The van der Waals surface area contributed by atoms with Crippen molar-refractivity contribution in [3.63, 3.8) is 0 Å². The lowest BCUT2D eigenvalue weighted by molar-refractivity contribution is -0.0504. The highest BCUT2D eigenvalue weighted by molar-refractivity contribution is 5.44. The molecule has 122 valence electrons. The minimum Gasteiger partial charge on any atom is -0.508 e. The fourth-order valence-electron chi connectivity index (χ4n) is 4.45. The van der Waals surface area contributed by atoms with Crippen molar-refractivity contribution in [2.24, 2.45) is 5.92 Å². The van der Waals surface area contributed by atoms with Crippen LogP contribution in [0.5, 0.6) is 5.75 Å². The predicted molar refractivity (Wildman–Crippen MR) is 89.4 cm³/mol. The maximum absolute atomic E-state index is 9.90. The molecule has 0 spiro atoms. The van der Waals surface area contributed by atoms with Gasteiger partial charge in [0, 0.05) is 19.7 Å². The second-order valence-corrected chi connectivity index (χ2v) is 8.00. The normalized spacial score (nSPS) is 31.9. The van der Waals surface area contributed by atoms with Crippen LogP contribution in [-0.2, 0) is 16.6 Å². The Morgan fingerprint density at radius 3 is 2.82 bits per heavy atom. The van der Waals surface area contributed by atoms with Gasteiger partial charge in [-0.25, -0.2) is 0 Å². The van der Waals surface area contributed by atoms with E-state index in [1.807, 2.05) is 12.1 Å². The summed E-state index contributed by atoms with van der Waals surface area (Å²) in [5, 5.41) is 9.90. The Kier molecular flexibility index (Phi) is 3.77. The summed E-state index contributed by atoms with van der Waals surface area (Å²) in [6, 6.07) is 6.51. The standard InChI is InChI=1S/C19H29NO2/c1-13-17-10-14-6-7-15(21)11-16(14)19(13,4)8-9-20(17)12-18(2,3)22-5/h6-7,11,13,17,21H,8-10,12H2,1-5H3/t13-,17+,19-/m0/s1. The van der Waals surface area contributed by atoms with Gasteiger partial charge in [0.2, 0.25) is 0 Å². The molecular weight excluding hydrogens is 274 g/mol. The number of hydrogen-bond donors (Lipinski definition) is 1. The van der Waals surface area contributed by atoms with E-state index in [-0.39, 0.29) is 11.0 Å². The second-order valence-electron chi connectivity index (χ2n) is 8.00. The average Bonchev–Trinajstić information content (AvgIpc) is 2.47. The monoisotopic (exact) mass is 303 g/mol. The van der Waals surface area contributed by atoms with E-state index < -0.39 is 0 Å². The van der Waals surface area contributed by atoms with Crippen molar-refractivity contribution < 1.29 is 9.84 Å². The Balaban J connectivity index is 1.94. The van der Waals surface area contributed by atoms with Crippen LogP contribution in [0.25, 0.3) is 0 Å². The molecule has 0 amide bonds. The molecule has 0 unspecified atom stereocenters. The van der Waals surface area contributed by atoms with Crippen LogP contribution in [-0.4, -0.2) is 41.8 Å². The zero-order valence-electron chi connectivity index (χ0n) is 14.5. The number of hydrogen-bond acceptors (Lipinski definition) is 3. The summed E-state index contributed by atoms with van der Waals surface area (Å²) >= 11 is 0. The number of fused-ring (bicyclic) bond motifs is 4. The van der Waals surface area contributed by atoms with Crippen LogP contribution in [0.15, 0.2) is 18.2 Å². The summed E-state index contributed by atoms with van der Waals surface area (Å²) in [5.41, 5.74) is 2.83. The van der Waals surface area contributed by atoms with Crippen LogP contribution in [0.4, 0.5) is 0 Å². The van der Waals surface area contributed by atoms with E-state index in [2.05, 4.69) is 38.7 Å². The molecule has 2 bridgehead atoms. The number of phenolic OH excluding ortho intramolecular Hbond substituents is 1. The van der Waals surface area contributed by atoms with Gasteiger partial charge in [-0.2, -0.15) is 0 Å². The molecule has 0 saturated carbocycles. The smallest absolute Gasteiger partial charge is 0.115 e. The molecule has 1 aliphatic carbocycles. The fourth-order valence-corrected chi connectivity index (χ4v) is 4.45. The highest BCUT2D eigenvalue weighted by atomic mass is 16.5. The topological polar surface area (TPSA) is 32.7 Å². The second kappa shape index (κ2) is 5.24. The number of piperidine rings is 1. The minimum absolute atomic E-state index is 0.108. The van der Waals surface area contributed by atoms with Crippen LogP contribution < -0.4 is 0 Å². The number of aromatic hydroxyl groups is 1. The number of ether oxygens (including phenoxy) is 1. The van der Waals surface area contributed by atoms with Crippen molar-refractivity contribution in [1.82, 2.24) is 4.90 Å². The van der Waals surface area contributed by atoms with Crippen LogP contribution >= 0.6 is 0 Å². The van der Waals surface area contributed by atoms with E-state index >= 15 is 0 Å². The Hall–Kier alpha value is -1.06. The average molecular weight is 303 g/mol. The molecule has 3 heteroatoms. The molecule has 0 aromatic heterocycles. The minimum atomic E-state index is -0.108. The lowest BCUT2D eigenvalue weighted by Gasteiger charge is -2.55. The van der Waals surface area contributed by atoms with Gasteiger partial charge in [0.1, 0.15) is 5.75 Å². The first-order chi connectivity index (χ1) is 10.3. The Morgan fingerprint density at radius 1 is 1.41 bits per heavy atom. The third kappa shape index (κ3) is 2.44. The molecule has 1 aromatic rings. The van der Waals surface area contributed by atoms with Crippen LogP contribution in [0.1, 0.15) is 45.2 Å². The van der Waals surface area contributed by atoms with Crippen LogP contribution in [0.3, 0.4) is 0 Å². The predicted octanol–water partition coefficient (Wildman–Crippen LogP) is 3.34. The molecule has 2 aliphatic rings. The first kappa shape index (κ1) is 15.8. The highest BCUT2D eigenvalue weighted by Gasteiger charge is 2.49. The SMILES string of the molecule is COC(C)(C)CN1CC[C@]2(C)c3cc(O)ccc3C[C@@H]1[C@@H]2C. The molecule has 3 rings (SSSR count). The van der Waals surface area contributed by atoms with Gasteiger partial charge in [-0.3, -0.25) is 4.90 Å². The van der Waals surface area contributed by atoms with E-state index in [0.717, 1.165) is 25.9 Å². The van der Waals surface area contributed by atoms with E-state index in [4.69, 9.17) is 4.74 Å². The van der Waals surface area contributed by atoms with E-state index in [1.54, 1.807) is 7.11 Å². The van der Waals surface area contributed by atoms with Gasteiger partial charge in [0.15, 0.2) is 0 Å². The number of nitrogens with zero attached hydrogens (tertiary/aromatic N) is 1. The molecule has 22 heavy (non-hydrogen) atoms. The zero-order chi connectivity index (χ0) is 16.1. The first-order valence-corrected chi connectivity index (χ1v) is 8.38. The Morgan fingerprint density at radius 2 is 2.14 bits per heavy atom. The first-order valence-electron chi connectivity index (χ1n) is 8.38. The number of methoxy groups -OCH3 is 1. The van der Waals surface area contributed by atoms with Gasteiger partial charge in [-0.1, -0.05) is 19.9 Å². The number of benzene rings is 1. The van der Waals surface area contributed by atoms with Crippen molar-refractivity contribution >= 4 is 0 Å². The number of likely N-dealkylation sites (tertiary alicyclic amines) is 1. The molecule has 1 aromatic carbocycles. The maximum atomic E-state index is 9.90. The summed E-state index contributed by atoms with van der Waals surface area (Å²) < 4.78 is 5.65. The lowest BCUT2D eigenvalue weighted by atomic mass is 9.59. The molecule has 3 nitrogen and oxygen atoms in total. The van der Waals surface area contributed by atoms with Crippen molar-refractivity contribution in [1.29, 1.82) is 0 Å². The molecule has 3 atom stereocenters. The van der Waals surface area contributed by atoms with Crippen molar-refractivity contribution in [3.8, 4) is 5.75 Å².